The molecule has 0 spiro atoms. The van der Waals surface area contributed by atoms with Crippen LogP contribution < -0.4 is 5.32 Å². The first-order chi connectivity index (χ1) is 11.7. The quantitative estimate of drug-likeness (QED) is 0.370. The average molecular weight is 462 g/mol. The van der Waals surface area contributed by atoms with E-state index in [2.05, 4.69) is 34.2 Å². The van der Waals surface area contributed by atoms with Crippen molar-refractivity contribution >= 4 is 29.9 Å². The van der Waals surface area contributed by atoms with Crippen molar-refractivity contribution in [3.63, 3.8) is 0 Å². The van der Waals surface area contributed by atoms with E-state index in [9.17, 15) is 5.11 Å². The zero-order valence-corrected chi connectivity index (χ0v) is 17.6. The molecule has 142 valence electrons. The van der Waals surface area contributed by atoms with Gasteiger partial charge in [0.1, 0.15) is 0 Å². The van der Waals surface area contributed by atoms with Crippen molar-refractivity contribution in [2.24, 2.45) is 10.9 Å². The maximum absolute atomic E-state index is 10.3. The number of aliphatic hydroxyl groups is 1. The van der Waals surface area contributed by atoms with Gasteiger partial charge in [-0.2, -0.15) is 0 Å². The fourth-order valence-corrected chi connectivity index (χ4v) is 2.85. The van der Waals surface area contributed by atoms with Crippen molar-refractivity contribution in [1.29, 1.82) is 0 Å². The van der Waals surface area contributed by atoms with Crippen LogP contribution in [0.3, 0.4) is 0 Å². The van der Waals surface area contributed by atoms with Crippen LogP contribution >= 0.6 is 24.0 Å². The summed E-state index contributed by atoms with van der Waals surface area (Å²) >= 11 is 0. The second-order valence-electron chi connectivity index (χ2n) is 6.26. The van der Waals surface area contributed by atoms with Gasteiger partial charge in [0.2, 0.25) is 0 Å². The Hall–Kier alpha value is -0.930. The normalized spacial score (nSPS) is 16.8. The molecule has 1 fully saturated rings. The summed E-state index contributed by atoms with van der Waals surface area (Å²) in [5.41, 5.74) is 0.842. The molecule has 2 N–H and O–H groups in total. The number of ether oxygens (including phenoxy) is 1. The summed E-state index contributed by atoms with van der Waals surface area (Å²) in [4.78, 5) is 10.7. The molecule has 1 aromatic heterocycles. The Balaban J connectivity index is 0.00000312. The lowest BCUT2D eigenvalue weighted by Crippen LogP contribution is -2.40. The molecular formula is C18H31IN4O2. The first-order valence-electron chi connectivity index (χ1n) is 8.86. The minimum absolute atomic E-state index is 0. The Morgan fingerprint density at radius 2 is 2.08 bits per heavy atom. The molecule has 0 bridgehead atoms. The van der Waals surface area contributed by atoms with E-state index in [0.29, 0.717) is 6.54 Å². The topological polar surface area (TPSA) is 70.0 Å². The lowest BCUT2D eigenvalue weighted by atomic mass is 9.96. The van der Waals surface area contributed by atoms with Gasteiger partial charge in [0.25, 0.3) is 0 Å². The van der Waals surface area contributed by atoms with Crippen LogP contribution in [0.2, 0.25) is 0 Å². The number of aliphatic imine (C=N–C) groups is 1. The highest BCUT2D eigenvalue weighted by Gasteiger charge is 2.15. The molecule has 0 aromatic carbocycles. The van der Waals surface area contributed by atoms with Gasteiger partial charge in [0.15, 0.2) is 5.96 Å². The molecule has 7 heteroatoms. The summed E-state index contributed by atoms with van der Waals surface area (Å²) in [6, 6.07) is 3.64. The highest BCUT2D eigenvalue weighted by molar-refractivity contribution is 14.0. The van der Waals surface area contributed by atoms with Crippen LogP contribution in [0.25, 0.3) is 0 Å². The fraction of sp³-hybridized carbons (Fsp3) is 0.667. The molecule has 1 aliphatic rings. The number of nitrogens with zero attached hydrogens (tertiary/aromatic N) is 3. The number of rotatable bonds is 7. The summed E-state index contributed by atoms with van der Waals surface area (Å²) in [6.45, 7) is 5.95. The summed E-state index contributed by atoms with van der Waals surface area (Å²) in [6.07, 6.45) is 6.23. The highest BCUT2D eigenvalue weighted by Crippen LogP contribution is 2.18. The van der Waals surface area contributed by atoms with Gasteiger partial charge in [0.05, 0.1) is 12.6 Å². The van der Waals surface area contributed by atoms with Gasteiger partial charge in [-0.05, 0) is 49.8 Å². The van der Waals surface area contributed by atoms with E-state index in [-0.39, 0.29) is 24.0 Å². The first-order valence-corrected chi connectivity index (χ1v) is 8.86. The van der Waals surface area contributed by atoms with E-state index in [1.54, 1.807) is 12.4 Å². The zero-order chi connectivity index (χ0) is 17.2. The third-order valence-corrected chi connectivity index (χ3v) is 4.41. The Bertz CT molecular complexity index is 495. The molecule has 0 radical (unpaired) electrons. The smallest absolute Gasteiger partial charge is 0.193 e. The van der Waals surface area contributed by atoms with Gasteiger partial charge in [-0.1, -0.05) is 0 Å². The molecule has 1 aliphatic heterocycles. The fourth-order valence-electron chi connectivity index (χ4n) is 2.85. The van der Waals surface area contributed by atoms with E-state index in [1.165, 1.54) is 0 Å². The number of aromatic nitrogens is 1. The van der Waals surface area contributed by atoms with E-state index < -0.39 is 6.10 Å². The van der Waals surface area contributed by atoms with E-state index in [1.807, 2.05) is 12.1 Å². The predicted molar refractivity (Wildman–Crippen MR) is 111 cm³/mol. The van der Waals surface area contributed by atoms with Gasteiger partial charge in [-0.3, -0.25) is 9.98 Å². The van der Waals surface area contributed by atoms with E-state index in [4.69, 9.17) is 4.74 Å². The number of aliphatic hydroxyl groups excluding tert-OH is 1. The molecule has 1 aromatic rings. The van der Waals surface area contributed by atoms with Gasteiger partial charge >= 0.3 is 0 Å². The second-order valence-corrected chi connectivity index (χ2v) is 6.26. The highest BCUT2D eigenvalue weighted by atomic mass is 127. The molecule has 2 heterocycles. The molecule has 1 atom stereocenters. The van der Waals surface area contributed by atoms with Crippen LogP contribution in [-0.2, 0) is 4.74 Å². The van der Waals surface area contributed by atoms with E-state index in [0.717, 1.165) is 63.0 Å². The van der Waals surface area contributed by atoms with Crippen molar-refractivity contribution in [1.82, 2.24) is 15.2 Å². The average Bonchev–Trinajstić information content (AvgIpc) is 2.64. The van der Waals surface area contributed by atoms with Crippen LogP contribution in [0.4, 0.5) is 0 Å². The largest absolute Gasteiger partial charge is 0.386 e. The Morgan fingerprint density at radius 1 is 1.40 bits per heavy atom. The molecular weight excluding hydrogens is 431 g/mol. The van der Waals surface area contributed by atoms with Crippen LogP contribution in [0.15, 0.2) is 29.5 Å². The molecule has 0 amide bonds. The lowest BCUT2D eigenvalue weighted by molar-refractivity contribution is 0.0625. The van der Waals surface area contributed by atoms with Gasteiger partial charge < -0.3 is 20.1 Å². The molecule has 0 aliphatic carbocycles. The van der Waals surface area contributed by atoms with Gasteiger partial charge in [-0.25, -0.2) is 0 Å². The number of guanidine groups is 1. The molecule has 2 rings (SSSR count). The molecule has 1 unspecified atom stereocenters. The lowest BCUT2D eigenvalue weighted by Gasteiger charge is -2.27. The second kappa shape index (κ2) is 12.4. The SMILES string of the molecule is CCNC(=NCC(O)c1ccncc1)N(C)CCC1CCOCC1.I. The minimum atomic E-state index is -0.606. The van der Waals surface area contributed by atoms with Crippen LogP contribution in [-0.4, -0.2) is 60.8 Å². The molecule has 6 nitrogen and oxygen atoms in total. The first kappa shape index (κ1) is 22.1. The summed E-state index contributed by atoms with van der Waals surface area (Å²) in [5, 5.41) is 13.6. The Labute approximate surface area is 168 Å². The molecule has 0 saturated carbocycles. The number of hydrogen-bond donors (Lipinski definition) is 2. The third kappa shape index (κ3) is 7.87. The third-order valence-electron chi connectivity index (χ3n) is 4.41. The Morgan fingerprint density at radius 3 is 2.72 bits per heavy atom. The van der Waals surface area contributed by atoms with E-state index >= 15 is 0 Å². The van der Waals surface area contributed by atoms with Gasteiger partial charge in [-0.15, -0.1) is 24.0 Å². The summed E-state index contributed by atoms with van der Waals surface area (Å²) < 4.78 is 5.42. The zero-order valence-electron chi connectivity index (χ0n) is 15.2. The van der Waals surface area contributed by atoms with Crippen molar-refractivity contribution < 1.29 is 9.84 Å². The van der Waals surface area contributed by atoms with Crippen LogP contribution in [0.5, 0.6) is 0 Å². The minimum Gasteiger partial charge on any atom is -0.386 e. The van der Waals surface area contributed by atoms with Crippen molar-refractivity contribution in [2.75, 3.05) is 39.9 Å². The van der Waals surface area contributed by atoms with Gasteiger partial charge in [0, 0.05) is 45.7 Å². The number of hydrogen-bond acceptors (Lipinski definition) is 4. The van der Waals surface area contributed by atoms with Crippen molar-refractivity contribution in [2.45, 2.75) is 32.3 Å². The number of halogens is 1. The van der Waals surface area contributed by atoms with Crippen molar-refractivity contribution in [3.8, 4) is 0 Å². The maximum Gasteiger partial charge on any atom is 0.193 e. The summed E-state index contributed by atoms with van der Waals surface area (Å²) in [5.74, 6) is 1.59. The predicted octanol–water partition coefficient (Wildman–Crippen LogP) is 2.45. The van der Waals surface area contributed by atoms with Crippen LogP contribution in [0, 0.1) is 5.92 Å². The van der Waals surface area contributed by atoms with Crippen LogP contribution in [0.1, 0.15) is 37.9 Å². The monoisotopic (exact) mass is 462 g/mol. The molecule has 25 heavy (non-hydrogen) atoms. The maximum atomic E-state index is 10.3. The Kier molecular flexibility index (Phi) is 11.0. The number of nitrogens with one attached hydrogen (secondary N) is 1. The summed E-state index contributed by atoms with van der Waals surface area (Å²) in [7, 11) is 2.06. The number of pyridine rings is 1. The molecule has 1 saturated heterocycles. The standard InChI is InChI=1S/C18H30N4O2.HI/c1-3-20-18(21-14-17(23)16-4-9-19-10-5-16)22(2)11-6-15-7-12-24-13-8-15;/h4-5,9-10,15,17,23H,3,6-8,11-14H2,1-2H3,(H,20,21);1H. The van der Waals surface area contributed by atoms with Crippen molar-refractivity contribution in [3.05, 3.63) is 30.1 Å².